The number of amides is 5. The molecule has 8 heteroatoms. The van der Waals surface area contributed by atoms with Gasteiger partial charge in [0.05, 0.1) is 11.4 Å². The Morgan fingerprint density at radius 1 is 1.12 bits per heavy atom. The summed E-state index contributed by atoms with van der Waals surface area (Å²) < 4.78 is 0. The molecule has 138 valence electrons. The zero-order chi connectivity index (χ0) is 19.3. The molecule has 2 N–H and O–H groups in total. The summed E-state index contributed by atoms with van der Waals surface area (Å²) in [6.07, 6.45) is 0.419. The van der Waals surface area contributed by atoms with E-state index in [2.05, 4.69) is 10.6 Å². The number of anilines is 2. The molecule has 0 saturated carbocycles. The van der Waals surface area contributed by atoms with E-state index in [1.807, 2.05) is 0 Å². The molecule has 2 heterocycles. The smallest absolute Gasteiger partial charge is 0.323 e. The maximum absolute atomic E-state index is 13.0. The summed E-state index contributed by atoms with van der Waals surface area (Å²) in [6, 6.07) is 6.33. The van der Waals surface area contributed by atoms with Crippen LogP contribution in [0, 0.1) is 0 Å². The number of para-hydroxylation sites is 2. The predicted octanol–water partition coefficient (Wildman–Crippen LogP) is 1.47. The van der Waals surface area contributed by atoms with E-state index >= 15 is 0 Å². The summed E-state index contributed by atoms with van der Waals surface area (Å²) in [5.74, 6) is -1.27. The van der Waals surface area contributed by atoms with Crippen molar-refractivity contribution in [1.29, 1.82) is 0 Å². The third-order valence-corrected chi connectivity index (χ3v) is 5.10. The van der Waals surface area contributed by atoms with Gasteiger partial charge in [-0.2, -0.15) is 0 Å². The van der Waals surface area contributed by atoms with Crippen molar-refractivity contribution in [3.63, 3.8) is 0 Å². The van der Waals surface area contributed by atoms with Gasteiger partial charge in [0, 0.05) is 0 Å². The van der Waals surface area contributed by atoms with Crippen molar-refractivity contribution in [1.82, 2.24) is 10.2 Å². The van der Waals surface area contributed by atoms with Crippen LogP contribution in [0.4, 0.5) is 16.2 Å². The molecule has 1 aromatic rings. The molecule has 3 rings (SSSR count). The fourth-order valence-corrected chi connectivity index (χ4v) is 3.23. The number of nitrogens with one attached hydrogen (secondary N) is 2. The molecule has 2 aliphatic heterocycles. The number of imide groups is 1. The monoisotopic (exact) mass is 358 g/mol. The third kappa shape index (κ3) is 2.53. The van der Waals surface area contributed by atoms with Crippen LogP contribution >= 0.6 is 0 Å². The number of fused-ring (bicyclic) bond motifs is 1. The maximum atomic E-state index is 13.0. The van der Waals surface area contributed by atoms with Crippen molar-refractivity contribution in [2.45, 2.75) is 45.2 Å². The highest BCUT2D eigenvalue weighted by Gasteiger charge is 2.49. The van der Waals surface area contributed by atoms with Crippen LogP contribution < -0.4 is 15.5 Å². The molecule has 0 spiro atoms. The van der Waals surface area contributed by atoms with Gasteiger partial charge in [0.25, 0.3) is 5.91 Å². The average molecular weight is 358 g/mol. The number of carbonyl (C=O) groups excluding carboxylic acids is 4. The number of hydrogen-bond acceptors (Lipinski definition) is 4. The number of hydrogen-bond donors (Lipinski definition) is 2. The number of nitrogens with zero attached hydrogens (tertiary/aromatic N) is 2. The highest BCUT2D eigenvalue weighted by Crippen LogP contribution is 2.37. The van der Waals surface area contributed by atoms with Crippen molar-refractivity contribution >= 4 is 35.1 Å². The average Bonchev–Trinajstić information content (AvgIpc) is 2.79. The predicted molar refractivity (Wildman–Crippen MR) is 95.6 cm³/mol. The molecule has 0 unspecified atom stereocenters. The van der Waals surface area contributed by atoms with E-state index in [0.29, 0.717) is 17.8 Å². The SMILES string of the molecule is CC[C@@]1(C)NC(=O)N(CC(=O)N2c3ccccc3NC(=O)C2(C)C)C1=O. The maximum Gasteiger partial charge on any atom is 0.325 e. The summed E-state index contributed by atoms with van der Waals surface area (Å²) in [7, 11) is 0. The lowest BCUT2D eigenvalue weighted by molar-refractivity contribution is -0.134. The second-order valence-electron chi connectivity index (χ2n) is 7.27. The Morgan fingerprint density at radius 3 is 2.38 bits per heavy atom. The first kappa shape index (κ1) is 17.9. The molecule has 1 fully saturated rings. The van der Waals surface area contributed by atoms with Crippen LogP contribution in [0.2, 0.25) is 0 Å². The summed E-state index contributed by atoms with van der Waals surface area (Å²) in [4.78, 5) is 52.5. The molecule has 2 aliphatic rings. The van der Waals surface area contributed by atoms with Gasteiger partial charge in [0.1, 0.15) is 17.6 Å². The zero-order valence-electron chi connectivity index (χ0n) is 15.3. The van der Waals surface area contributed by atoms with E-state index in [0.717, 1.165) is 4.90 Å². The van der Waals surface area contributed by atoms with Crippen LogP contribution in [-0.4, -0.2) is 46.3 Å². The lowest BCUT2D eigenvalue weighted by atomic mass is 9.96. The summed E-state index contributed by atoms with van der Waals surface area (Å²) in [6.45, 7) is 6.24. The first-order chi connectivity index (χ1) is 12.1. The minimum atomic E-state index is -1.15. The number of rotatable bonds is 3. The molecule has 1 aromatic carbocycles. The van der Waals surface area contributed by atoms with E-state index in [1.165, 1.54) is 4.90 Å². The van der Waals surface area contributed by atoms with Crippen LogP contribution in [-0.2, 0) is 14.4 Å². The van der Waals surface area contributed by atoms with Gasteiger partial charge in [0.2, 0.25) is 11.8 Å². The van der Waals surface area contributed by atoms with Crippen LogP contribution in [0.3, 0.4) is 0 Å². The quantitative estimate of drug-likeness (QED) is 0.799. The molecule has 1 atom stereocenters. The standard InChI is InChI=1S/C18H22N4O4/c1-5-18(4)15(25)21(16(26)20-18)10-13(23)22-12-9-7-6-8-11(12)19-14(24)17(22,2)3/h6-9H,5,10H2,1-4H3,(H,19,24)(H,20,26)/t18-/m1/s1. The minimum Gasteiger partial charge on any atom is -0.323 e. The van der Waals surface area contributed by atoms with Gasteiger partial charge in [0.15, 0.2) is 0 Å². The molecule has 0 bridgehead atoms. The normalized spacial score (nSPS) is 24.2. The van der Waals surface area contributed by atoms with E-state index in [-0.39, 0.29) is 5.91 Å². The van der Waals surface area contributed by atoms with Crippen molar-refractivity contribution < 1.29 is 19.2 Å². The van der Waals surface area contributed by atoms with Gasteiger partial charge >= 0.3 is 6.03 Å². The molecular weight excluding hydrogens is 336 g/mol. The Morgan fingerprint density at radius 2 is 1.77 bits per heavy atom. The first-order valence-corrected chi connectivity index (χ1v) is 8.49. The molecule has 1 saturated heterocycles. The fourth-order valence-electron chi connectivity index (χ4n) is 3.23. The zero-order valence-corrected chi connectivity index (χ0v) is 15.3. The Bertz CT molecular complexity index is 819. The van der Waals surface area contributed by atoms with Gasteiger partial charge < -0.3 is 10.6 Å². The van der Waals surface area contributed by atoms with Crippen molar-refractivity contribution in [3.05, 3.63) is 24.3 Å². The summed E-state index contributed by atoms with van der Waals surface area (Å²) in [5.41, 5.74) is -1.11. The van der Waals surface area contributed by atoms with E-state index in [4.69, 9.17) is 0 Å². The van der Waals surface area contributed by atoms with E-state index in [1.54, 1.807) is 52.0 Å². The van der Waals surface area contributed by atoms with E-state index in [9.17, 15) is 19.2 Å². The summed E-state index contributed by atoms with van der Waals surface area (Å²) in [5, 5.41) is 5.40. The van der Waals surface area contributed by atoms with Gasteiger partial charge in [-0.3, -0.25) is 24.2 Å². The molecular formula is C18H22N4O4. The summed E-state index contributed by atoms with van der Waals surface area (Å²) >= 11 is 0. The Labute approximate surface area is 151 Å². The van der Waals surface area contributed by atoms with Crippen LogP contribution in [0.15, 0.2) is 24.3 Å². The van der Waals surface area contributed by atoms with E-state index < -0.39 is 35.5 Å². The highest BCUT2D eigenvalue weighted by atomic mass is 16.2. The molecule has 26 heavy (non-hydrogen) atoms. The topological polar surface area (TPSA) is 98.8 Å². The van der Waals surface area contributed by atoms with Crippen molar-refractivity contribution in [2.24, 2.45) is 0 Å². The van der Waals surface area contributed by atoms with Crippen LogP contribution in [0.1, 0.15) is 34.1 Å². The highest BCUT2D eigenvalue weighted by molar-refractivity contribution is 6.16. The van der Waals surface area contributed by atoms with Crippen LogP contribution in [0.5, 0.6) is 0 Å². The minimum absolute atomic E-state index is 0.333. The first-order valence-electron chi connectivity index (χ1n) is 8.49. The van der Waals surface area contributed by atoms with Gasteiger partial charge in [-0.05, 0) is 39.3 Å². The molecule has 8 nitrogen and oxygen atoms in total. The second kappa shape index (κ2) is 5.82. The van der Waals surface area contributed by atoms with Crippen molar-refractivity contribution in [2.75, 3.05) is 16.8 Å². The lowest BCUT2D eigenvalue weighted by Crippen LogP contribution is -2.60. The molecule has 0 aromatic heterocycles. The number of benzene rings is 1. The second-order valence-corrected chi connectivity index (χ2v) is 7.27. The largest absolute Gasteiger partial charge is 0.325 e. The van der Waals surface area contributed by atoms with Gasteiger partial charge in [-0.1, -0.05) is 19.1 Å². The fraction of sp³-hybridized carbons (Fsp3) is 0.444. The van der Waals surface area contributed by atoms with Crippen LogP contribution in [0.25, 0.3) is 0 Å². The molecule has 5 amide bonds. The lowest BCUT2D eigenvalue weighted by Gasteiger charge is -2.42. The van der Waals surface area contributed by atoms with Crippen molar-refractivity contribution in [3.8, 4) is 0 Å². The van der Waals surface area contributed by atoms with Gasteiger partial charge in [-0.25, -0.2) is 4.79 Å². The Balaban J connectivity index is 1.93. The number of urea groups is 1. The van der Waals surface area contributed by atoms with Gasteiger partial charge in [-0.15, -0.1) is 0 Å². The number of carbonyl (C=O) groups is 4. The molecule has 0 radical (unpaired) electrons. The Kier molecular flexibility index (Phi) is 4.01. The Hall–Kier alpha value is -2.90. The molecule has 0 aliphatic carbocycles. The third-order valence-electron chi connectivity index (χ3n) is 5.10.